The van der Waals surface area contributed by atoms with Crippen LogP contribution in [0.1, 0.15) is 0 Å². The van der Waals surface area contributed by atoms with Gasteiger partial charge in [-0.25, -0.2) is 4.63 Å². The standard InChI is InChI=1S/C10H9ClN2O3/c1-14-9-6(4-3-5-7(9)11)8-10(15-2)13-16-12-8/h3-5H,1-2H3. The number of para-hydroxylation sites is 1. The van der Waals surface area contributed by atoms with Crippen molar-refractivity contribution < 1.29 is 14.1 Å². The molecule has 0 radical (unpaired) electrons. The highest BCUT2D eigenvalue weighted by atomic mass is 35.5. The lowest BCUT2D eigenvalue weighted by Gasteiger charge is -2.07. The lowest BCUT2D eigenvalue weighted by atomic mass is 10.1. The van der Waals surface area contributed by atoms with Gasteiger partial charge in [-0.05, 0) is 22.4 Å². The molecule has 1 aromatic heterocycles. The van der Waals surface area contributed by atoms with Crippen LogP contribution in [0.4, 0.5) is 0 Å². The summed E-state index contributed by atoms with van der Waals surface area (Å²) in [4.78, 5) is 0. The number of methoxy groups -OCH3 is 2. The molecule has 2 rings (SSSR count). The summed E-state index contributed by atoms with van der Waals surface area (Å²) in [5.41, 5.74) is 1.13. The van der Waals surface area contributed by atoms with Crippen LogP contribution in [0.15, 0.2) is 22.8 Å². The van der Waals surface area contributed by atoms with Gasteiger partial charge in [0.1, 0.15) is 5.75 Å². The molecule has 2 aromatic rings. The molecular weight excluding hydrogens is 232 g/mol. The Morgan fingerprint density at radius 2 is 2.00 bits per heavy atom. The maximum Gasteiger partial charge on any atom is 0.283 e. The summed E-state index contributed by atoms with van der Waals surface area (Å²) >= 11 is 6.00. The first-order chi connectivity index (χ1) is 7.77. The number of nitrogens with zero attached hydrogens (tertiary/aromatic N) is 2. The average molecular weight is 241 g/mol. The quantitative estimate of drug-likeness (QED) is 0.825. The van der Waals surface area contributed by atoms with Crippen LogP contribution in [0.2, 0.25) is 5.02 Å². The van der Waals surface area contributed by atoms with Crippen molar-refractivity contribution in [3.63, 3.8) is 0 Å². The van der Waals surface area contributed by atoms with Gasteiger partial charge in [0.25, 0.3) is 5.88 Å². The third-order valence-corrected chi connectivity index (χ3v) is 2.38. The molecule has 0 aliphatic carbocycles. The summed E-state index contributed by atoms with van der Waals surface area (Å²) in [6.07, 6.45) is 0. The molecule has 0 amide bonds. The van der Waals surface area contributed by atoms with Crippen LogP contribution in [0.25, 0.3) is 11.3 Å². The summed E-state index contributed by atoms with van der Waals surface area (Å²) in [5, 5.41) is 7.86. The topological polar surface area (TPSA) is 57.4 Å². The van der Waals surface area contributed by atoms with E-state index in [-0.39, 0.29) is 0 Å². The van der Waals surface area contributed by atoms with Crippen molar-refractivity contribution in [2.45, 2.75) is 0 Å². The first kappa shape index (κ1) is 10.8. The molecule has 0 saturated heterocycles. The zero-order valence-corrected chi connectivity index (χ0v) is 9.49. The van der Waals surface area contributed by atoms with E-state index in [9.17, 15) is 0 Å². The van der Waals surface area contributed by atoms with Crippen LogP contribution >= 0.6 is 11.6 Å². The Morgan fingerprint density at radius 3 is 2.69 bits per heavy atom. The lowest BCUT2D eigenvalue weighted by Crippen LogP contribution is -1.91. The molecule has 6 heteroatoms. The van der Waals surface area contributed by atoms with Gasteiger partial charge < -0.3 is 9.47 Å². The van der Waals surface area contributed by atoms with Gasteiger partial charge >= 0.3 is 0 Å². The normalized spacial score (nSPS) is 10.2. The zero-order valence-electron chi connectivity index (χ0n) is 8.73. The number of ether oxygens (including phenoxy) is 2. The Morgan fingerprint density at radius 1 is 1.19 bits per heavy atom. The largest absolute Gasteiger partial charge is 0.494 e. The van der Waals surface area contributed by atoms with E-state index in [4.69, 9.17) is 21.1 Å². The number of rotatable bonds is 3. The smallest absolute Gasteiger partial charge is 0.283 e. The molecule has 0 atom stereocenters. The minimum Gasteiger partial charge on any atom is -0.494 e. The van der Waals surface area contributed by atoms with Crippen molar-refractivity contribution in [2.75, 3.05) is 14.2 Å². The minimum atomic E-state index is 0.292. The molecule has 16 heavy (non-hydrogen) atoms. The Kier molecular flexibility index (Phi) is 2.96. The predicted octanol–water partition coefficient (Wildman–Crippen LogP) is 2.41. The first-order valence-electron chi connectivity index (χ1n) is 4.47. The maximum atomic E-state index is 6.00. The Balaban J connectivity index is 2.60. The van der Waals surface area contributed by atoms with Gasteiger partial charge in [-0.2, -0.15) is 0 Å². The zero-order chi connectivity index (χ0) is 11.5. The van der Waals surface area contributed by atoms with Gasteiger partial charge in [0.05, 0.1) is 24.8 Å². The summed E-state index contributed by atoms with van der Waals surface area (Å²) in [5.74, 6) is 0.804. The second-order valence-electron chi connectivity index (χ2n) is 2.94. The lowest BCUT2D eigenvalue weighted by molar-refractivity contribution is 0.282. The van der Waals surface area contributed by atoms with Crippen LogP contribution < -0.4 is 9.47 Å². The SMILES string of the molecule is COc1nonc1-c1cccc(Cl)c1OC. The fourth-order valence-electron chi connectivity index (χ4n) is 1.38. The molecule has 0 unspecified atom stereocenters. The third kappa shape index (κ3) is 1.69. The van der Waals surface area contributed by atoms with Crippen LogP contribution in [0.3, 0.4) is 0 Å². The third-order valence-electron chi connectivity index (χ3n) is 2.08. The molecule has 0 spiro atoms. The van der Waals surface area contributed by atoms with E-state index < -0.39 is 0 Å². The number of aromatic nitrogens is 2. The highest BCUT2D eigenvalue weighted by Gasteiger charge is 2.18. The van der Waals surface area contributed by atoms with E-state index in [1.165, 1.54) is 14.2 Å². The molecule has 5 nitrogen and oxygen atoms in total. The summed E-state index contributed by atoms with van der Waals surface area (Å²) < 4.78 is 14.8. The van der Waals surface area contributed by atoms with E-state index in [0.717, 1.165) is 0 Å². The second-order valence-corrected chi connectivity index (χ2v) is 3.35. The van der Waals surface area contributed by atoms with Crippen LogP contribution in [0.5, 0.6) is 11.6 Å². The molecule has 0 N–H and O–H groups in total. The highest BCUT2D eigenvalue weighted by Crippen LogP contribution is 2.38. The Hall–Kier alpha value is -1.75. The van der Waals surface area contributed by atoms with Gasteiger partial charge in [-0.3, -0.25) is 0 Å². The van der Waals surface area contributed by atoms with Crippen LogP contribution in [-0.4, -0.2) is 24.5 Å². The first-order valence-corrected chi connectivity index (χ1v) is 4.85. The van der Waals surface area contributed by atoms with Gasteiger partial charge in [-0.15, -0.1) is 0 Å². The van der Waals surface area contributed by atoms with Gasteiger partial charge in [0.2, 0.25) is 0 Å². The number of benzene rings is 1. The molecule has 84 valence electrons. The predicted molar refractivity (Wildman–Crippen MR) is 57.8 cm³/mol. The summed E-state index contributed by atoms with van der Waals surface area (Å²) in [7, 11) is 3.02. The minimum absolute atomic E-state index is 0.292. The molecule has 0 saturated carbocycles. The second kappa shape index (κ2) is 4.40. The van der Waals surface area contributed by atoms with E-state index >= 15 is 0 Å². The van der Waals surface area contributed by atoms with Crippen molar-refractivity contribution in [3.05, 3.63) is 23.2 Å². The summed E-state index contributed by atoms with van der Waals surface area (Å²) in [6.45, 7) is 0. The van der Waals surface area contributed by atoms with Gasteiger partial charge in [-0.1, -0.05) is 17.7 Å². The molecule has 0 aliphatic heterocycles. The van der Waals surface area contributed by atoms with Crippen molar-refractivity contribution in [3.8, 4) is 22.9 Å². The fraction of sp³-hybridized carbons (Fsp3) is 0.200. The van der Waals surface area contributed by atoms with Crippen molar-refractivity contribution >= 4 is 11.6 Å². The highest BCUT2D eigenvalue weighted by molar-refractivity contribution is 6.32. The molecule has 1 heterocycles. The maximum absolute atomic E-state index is 6.00. The van der Waals surface area contributed by atoms with Gasteiger partial charge in [0, 0.05) is 0 Å². The number of halogens is 1. The van der Waals surface area contributed by atoms with Crippen molar-refractivity contribution in [2.24, 2.45) is 0 Å². The van der Waals surface area contributed by atoms with Crippen molar-refractivity contribution in [1.29, 1.82) is 0 Å². The molecule has 1 aromatic carbocycles. The van der Waals surface area contributed by atoms with Crippen molar-refractivity contribution in [1.82, 2.24) is 10.3 Å². The summed E-state index contributed by atoms with van der Waals surface area (Å²) in [6, 6.07) is 5.31. The van der Waals surface area contributed by atoms with Crippen LogP contribution in [0, 0.1) is 0 Å². The van der Waals surface area contributed by atoms with E-state index in [2.05, 4.69) is 14.9 Å². The Bertz CT molecular complexity index is 499. The van der Waals surface area contributed by atoms with E-state index in [1.807, 2.05) is 0 Å². The molecule has 0 aliphatic rings. The molecule has 0 fully saturated rings. The molecular formula is C10H9ClN2O3. The average Bonchev–Trinajstić information content (AvgIpc) is 2.76. The van der Waals surface area contributed by atoms with E-state index in [1.54, 1.807) is 18.2 Å². The number of hydrogen-bond donors (Lipinski definition) is 0. The monoisotopic (exact) mass is 240 g/mol. The van der Waals surface area contributed by atoms with Gasteiger partial charge in [0.15, 0.2) is 5.69 Å². The van der Waals surface area contributed by atoms with E-state index in [0.29, 0.717) is 27.9 Å². The van der Waals surface area contributed by atoms with Crippen LogP contribution in [-0.2, 0) is 0 Å². The fourth-order valence-corrected chi connectivity index (χ4v) is 1.63. The number of hydrogen-bond acceptors (Lipinski definition) is 5. The molecule has 0 bridgehead atoms. The Labute approximate surface area is 96.9 Å².